The Labute approximate surface area is 214 Å². The largest absolute Gasteiger partial charge is 0.507 e. The van der Waals surface area contributed by atoms with Gasteiger partial charge in [0.2, 0.25) is 0 Å². The van der Waals surface area contributed by atoms with Gasteiger partial charge in [0.05, 0.1) is 10.7 Å². The lowest BCUT2D eigenvalue weighted by atomic mass is 9.97. The van der Waals surface area contributed by atoms with E-state index in [1.807, 2.05) is 13.1 Å². The van der Waals surface area contributed by atoms with E-state index in [2.05, 4.69) is 15.2 Å². The Hall–Kier alpha value is -3.62. The van der Waals surface area contributed by atoms with Crippen LogP contribution in [0.25, 0.3) is 27.9 Å². The summed E-state index contributed by atoms with van der Waals surface area (Å²) in [5.41, 5.74) is 1.83. The molecule has 0 saturated carbocycles. The molecule has 1 fully saturated rings. The first-order valence-electron chi connectivity index (χ1n) is 12.4. The first-order valence-corrected chi connectivity index (χ1v) is 12.1. The van der Waals surface area contributed by atoms with Crippen LogP contribution in [0.15, 0.2) is 65.8 Å². The number of likely N-dealkylation sites (N-methyl/N-ethyl adjacent to an activating group) is 1. The van der Waals surface area contributed by atoms with Crippen LogP contribution in [0.1, 0.15) is 14.2 Å². The molecule has 5 rings (SSSR count). The van der Waals surface area contributed by atoms with Gasteiger partial charge in [-0.2, -0.15) is 0 Å². The second-order valence-electron chi connectivity index (χ2n) is 8.91. The van der Waals surface area contributed by atoms with Crippen LogP contribution in [-0.4, -0.2) is 45.4 Å². The number of phenols is 1. The number of imidazole rings is 1. The number of anilines is 1. The molecule has 1 atom stereocenters. The monoisotopic (exact) mass is 508 g/mol. The van der Waals surface area contributed by atoms with Gasteiger partial charge < -0.3 is 19.9 Å². The van der Waals surface area contributed by atoms with Gasteiger partial charge >= 0.3 is 5.69 Å². The highest BCUT2D eigenvalue weighted by molar-refractivity contribution is 6.32. The molecule has 1 aliphatic rings. The number of hydrogen-bond donors (Lipinski definition) is 2. The Kier molecular flexibility index (Phi) is 6.21. The van der Waals surface area contributed by atoms with Crippen LogP contribution in [0, 0.1) is 5.82 Å². The molecule has 1 aliphatic heterocycles. The van der Waals surface area contributed by atoms with Crippen LogP contribution in [0.5, 0.6) is 5.75 Å². The number of aryl methyl sites for hydroxylation is 1. The number of hydrogen-bond acceptors (Lipinski definition) is 5. The SMILES string of the molecule is [2H]Cn1ccn(-c2ccc(-c3cc(F)cc(-c4ccnc(N5CCC[C@H](NC)C5)c4)c3O)cc2Cl)c1=O. The number of aromatic hydroxyl groups is 1. The van der Waals surface area contributed by atoms with Crippen molar-refractivity contribution in [3.8, 4) is 33.7 Å². The number of pyridine rings is 1. The Morgan fingerprint density at radius 3 is 2.64 bits per heavy atom. The maximum Gasteiger partial charge on any atom is 0.332 e. The predicted octanol–water partition coefficient (Wildman–Crippen LogP) is 4.59. The van der Waals surface area contributed by atoms with E-state index in [-0.39, 0.29) is 29.0 Å². The molecule has 4 aromatic rings. The summed E-state index contributed by atoms with van der Waals surface area (Å²) >= 11 is 6.51. The minimum atomic E-state index is -0.502. The zero-order valence-corrected chi connectivity index (χ0v) is 20.5. The fraction of sp³-hybridized carbons (Fsp3) is 0.259. The molecule has 2 aromatic carbocycles. The van der Waals surface area contributed by atoms with Crippen LogP contribution in [-0.2, 0) is 7.02 Å². The van der Waals surface area contributed by atoms with E-state index in [4.69, 9.17) is 13.0 Å². The van der Waals surface area contributed by atoms with Crippen molar-refractivity contribution >= 4 is 17.4 Å². The molecule has 3 heterocycles. The maximum absolute atomic E-state index is 14.8. The molecular formula is C27H27ClFN5O2. The lowest BCUT2D eigenvalue weighted by Crippen LogP contribution is -2.44. The van der Waals surface area contributed by atoms with Gasteiger partial charge in [0.25, 0.3) is 0 Å². The quantitative estimate of drug-likeness (QED) is 0.412. The summed E-state index contributed by atoms with van der Waals surface area (Å²) in [6.45, 7) is 1.71. The number of nitrogens with zero attached hydrogens (tertiary/aromatic N) is 4. The molecule has 9 heteroatoms. The Balaban J connectivity index is 1.51. The van der Waals surface area contributed by atoms with Crippen LogP contribution >= 0.6 is 11.6 Å². The number of aromatic nitrogens is 3. The first kappa shape index (κ1) is 22.8. The summed E-state index contributed by atoms with van der Waals surface area (Å²) in [5, 5.41) is 14.8. The number of phenolic OH excluding ortho intramolecular Hbond substituents is 1. The van der Waals surface area contributed by atoms with Crippen molar-refractivity contribution in [3.63, 3.8) is 0 Å². The third kappa shape index (κ3) is 4.50. The van der Waals surface area contributed by atoms with E-state index >= 15 is 0 Å². The Morgan fingerprint density at radius 2 is 1.94 bits per heavy atom. The van der Waals surface area contributed by atoms with Gasteiger partial charge in [0.1, 0.15) is 17.4 Å². The van der Waals surface area contributed by atoms with Crippen molar-refractivity contribution in [3.05, 3.63) is 82.4 Å². The molecule has 0 amide bonds. The normalized spacial score (nSPS) is 16.2. The van der Waals surface area contributed by atoms with Crippen molar-refractivity contribution in [2.24, 2.45) is 7.02 Å². The predicted molar refractivity (Wildman–Crippen MR) is 141 cm³/mol. The maximum atomic E-state index is 14.8. The first-order chi connectivity index (χ1) is 17.9. The molecule has 0 bridgehead atoms. The second kappa shape index (κ2) is 9.79. The summed E-state index contributed by atoms with van der Waals surface area (Å²) in [5.74, 6) is 0.199. The standard InChI is InChI=1S/C27H27ClFN5O2/c1-30-20-4-3-9-33(16-20)25-13-18(7-8-31-25)22-15-19(29)14-21(26(22)35)17-5-6-24(23(28)12-17)34-11-10-32(2)27(34)36/h5-8,10-15,20,30,35H,3-4,9,16H2,1-2H3/t20-/m0/s1/i2D. The highest BCUT2D eigenvalue weighted by atomic mass is 35.5. The highest BCUT2D eigenvalue weighted by Gasteiger charge is 2.21. The third-order valence-electron chi connectivity index (χ3n) is 6.65. The van der Waals surface area contributed by atoms with Gasteiger partial charge in [0.15, 0.2) is 0 Å². The van der Waals surface area contributed by atoms with Crippen LogP contribution < -0.4 is 15.9 Å². The lowest BCUT2D eigenvalue weighted by Gasteiger charge is -2.33. The van der Waals surface area contributed by atoms with Crippen molar-refractivity contribution in [2.75, 3.05) is 25.0 Å². The van der Waals surface area contributed by atoms with E-state index in [0.29, 0.717) is 28.4 Å². The van der Waals surface area contributed by atoms with Crippen molar-refractivity contribution in [2.45, 2.75) is 18.9 Å². The van der Waals surface area contributed by atoms with E-state index in [0.717, 1.165) is 31.7 Å². The Morgan fingerprint density at radius 1 is 1.17 bits per heavy atom. The average Bonchev–Trinajstić information content (AvgIpc) is 3.29. The van der Waals surface area contributed by atoms with E-state index < -0.39 is 5.82 Å². The molecular weight excluding hydrogens is 481 g/mol. The number of nitrogens with one attached hydrogen (secondary N) is 1. The lowest BCUT2D eigenvalue weighted by molar-refractivity contribution is 0.447. The van der Waals surface area contributed by atoms with E-state index in [1.165, 1.54) is 33.7 Å². The fourth-order valence-electron chi connectivity index (χ4n) is 4.69. The van der Waals surface area contributed by atoms with Gasteiger partial charge in [-0.1, -0.05) is 17.7 Å². The summed E-state index contributed by atoms with van der Waals surface area (Å²) in [6.07, 6.45) is 6.87. The number of halogens is 2. The summed E-state index contributed by atoms with van der Waals surface area (Å²) < 4.78 is 24.8. The zero-order chi connectivity index (χ0) is 26.1. The number of piperidine rings is 1. The van der Waals surface area contributed by atoms with Gasteiger partial charge in [-0.15, -0.1) is 0 Å². The molecule has 2 N–H and O–H groups in total. The molecule has 0 aliphatic carbocycles. The van der Waals surface area contributed by atoms with E-state index in [1.54, 1.807) is 30.5 Å². The third-order valence-corrected chi connectivity index (χ3v) is 6.95. The summed E-state index contributed by atoms with van der Waals surface area (Å²) in [6, 6.07) is 11.5. The number of benzene rings is 2. The Bertz CT molecular complexity index is 1500. The fourth-order valence-corrected chi connectivity index (χ4v) is 4.96. The molecule has 7 nitrogen and oxygen atoms in total. The van der Waals surface area contributed by atoms with Crippen molar-refractivity contribution in [1.29, 1.82) is 0 Å². The molecule has 0 radical (unpaired) electrons. The smallest absolute Gasteiger partial charge is 0.332 e. The molecule has 1 saturated heterocycles. The topological polar surface area (TPSA) is 75.3 Å². The van der Waals surface area contributed by atoms with Gasteiger partial charge in [-0.25, -0.2) is 14.2 Å². The minimum absolute atomic E-state index is 0.0772. The zero-order valence-electron chi connectivity index (χ0n) is 20.8. The average molecular weight is 509 g/mol. The molecule has 0 spiro atoms. The highest BCUT2D eigenvalue weighted by Crippen LogP contribution is 2.41. The van der Waals surface area contributed by atoms with Gasteiger partial charge in [-0.3, -0.25) is 4.57 Å². The van der Waals surface area contributed by atoms with E-state index in [9.17, 15) is 14.3 Å². The summed E-state index contributed by atoms with van der Waals surface area (Å²) in [4.78, 5) is 19.1. The van der Waals surface area contributed by atoms with Crippen LogP contribution in [0.2, 0.25) is 5.02 Å². The molecule has 36 heavy (non-hydrogen) atoms. The van der Waals surface area contributed by atoms with Gasteiger partial charge in [-0.05, 0) is 67.4 Å². The minimum Gasteiger partial charge on any atom is -0.507 e. The number of rotatable bonds is 5. The van der Waals surface area contributed by atoms with Crippen molar-refractivity contribution in [1.82, 2.24) is 19.4 Å². The molecule has 186 valence electrons. The van der Waals surface area contributed by atoms with Gasteiger partial charge in [0, 0.05) is 57.2 Å². The second-order valence-corrected chi connectivity index (χ2v) is 9.32. The van der Waals surface area contributed by atoms with Crippen molar-refractivity contribution < 1.29 is 10.9 Å². The van der Waals surface area contributed by atoms with Crippen LogP contribution in [0.3, 0.4) is 0 Å². The van der Waals surface area contributed by atoms with Crippen LogP contribution in [0.4, 0.5) is 10.2 Å². The molecule has 2 aromatic heterocycles. The molecule has 0 unspecified atom stereocenters. The summed E-state index contributed by atoms with van der Waals surface area (Å²) in [7, 11) is 1.75.